The van der Waals surface area contributed by atoms with Gasteiger partial charge in [0.25, 0.3) is 0 Å². The summed E-state index contributed by atoms with van der Waals surface area (Å²) in [5.74, 6) is 1.59. The van der Waals surface area contributed by atoms with Crippen molar-refractivity contribution in [2.45, 2.75) is 31.5 Å². The molecule has 0 saturated carbocycles. The van der Waals surface area contributed by atoms with Crippen molar-refractivity contribution in [2.75, 3.05) is 12.4 Å². The number of nitrogens with zero attached hydrogens (tertiary/aromatic N) is 3. The fourth-order valence-corrected chi connectivity index (χ4v) is 3.69. The zero-order valence-corrected chi connectivity index (χ0v) is 16.6. The second kappa shape index (κ2) is 9.94. The van der Waals surface area contributed by atoms with Gasteiger partial charge >= 0.3 is 5.97 Å². The van der Waals surface area contributed by atoms with Gasteiger partial charge in [0.05, 0.1) is 12.2 Å². The largest absolute Gasteiger partial charge is 0.494 e. The van der Waals surface area contributed by atoms with E-state index in [1.807, 2.05) is 18.2 Å². The highest BCUT2D eigenvalue weighted by molar-refractivity contribution is 7.99. The standard InChI is InChI=1S/C21H23N3O3S/c1-2-24-19(15-16-7-4-3-5-8-16)22-23-21(24)28-14-6-13-27-18-11-9-17(10-12-18)20(25)26/h3-5,7-12H,2,6,13-15H2,1H3,(H,25,26). The Balaban J connectivity index is 1.46. The molecule has 0 aliphatic rings. The van der Waals surface area contributed by atoms with Gasteiger partial charge in [-0.05, 0) is 43.2 Å². The lowest BCUT2D eigenvalue weighted by Gasteiger charge is -2.08. The van der Waals surface area contributed by atoms with E-state index in [-0.39, 0.29) is 5.56 Å². The number of carboxylic acids is 1. The fourth-order valence-electron chi connectivity index (χ4n) is 2.76. The molecule has 1 heterocycles. The number of rotatable bonds is 10. The van der Waals surface area contributed by atoms with Crippen molar-refractivity contribution in [1.82, 2.24) is 14.8 Å². The summed E-state index contributed by atoms with van der Waals surface area (Å²) in [6.07, 6.45) is 1.63. The first-order valence-electron chi connectivity index (χ1n) is 9.22. The van der Waals surface area contributed by atoms with E-state index in [1.165, 1.54) is 5.56 Å². The van der Waals surface area contributed by atoms with Gasteiger partial charge in [-0.25, -0.2) is 4.79 Å². The SMILES string of the molecule is CCn1c(Cc2ccccc2)nnc1SCCCOc1ccc(C(=O)O)cc1. The summed E-state index contributed by atoms with van der Waals surface area (Å²) in [6, 6.07) is 16.7. The molecule has 2 aromatic carbocycles. The second-order valence-corrected chi connectivity index (χ2v) is 7.25. The fraction of sp³-hybridized carbons (Fsp3) is 0.286. The lowest BCUT2D eigenvalue weighted by molar-refractivity contribution is 0.0697. The first-order valence-corrected chi connectivity index (χ1v) is 10.2. The Morgan fingerprint density at radius 1 is 1.11 bits per heavy atom. The van der Waals surface area contributed by atoms with Crippen LogP contribution in [0.4, 0.5) is 0 Å². The highest BCUT2D eigenvalue weighted by atomic mass is 32.2. The summed E-state index contributed by atoms with van der Waals surface area (Å²) in [4.78, 5) is 10.8. The van der Waals surface area contributed by atoms with E-state index < -0.39 is 5.97 Å². The van der Waals surface area contributed by atoms with Gasteiger partial charge in [-0.15, -0.1) is 10.2 Å². The molecule has 3 aromatic rings. The van der Waals surface area contributed by atoms with Crippen molar-refractivity contribution in [3.8, 4) is 5.75 Å². The first kappa shape index (κ1) is 19.9. The molecule has 0 unspecified atom stereocenters. The van der Waals surface area contributed by atoms with Gasteiger partial charge < -0.3 is 14.4 Å². The van der Waals surface area contributed by atoms with E-state index in [1.54, 1.807) is 36.0 Å². The molecule has 0 saturated heterocycles. The van der Waals surface area contributed by atoms with E-state index in [0.717, 1.165) is 36.1 Å². The molecule has 0 spiro atoms. The van der Waals surface area contributed by atoms with E-state index in [0.29, 0.717) is 12.4 Å². The number of benzene rings is 2. The summed E-state index contributed by atoms with van der Waals surface area (Å²) in [7, 11) is 0. The number of thioether (sulfide) groups is 1. The van der Waals surface area contributed by atoms with Crippen LogP contribution in [0, 0.1) is 0 Å². The van der Waals surface area contributed by atoms with Crippen molar-refractivity contribution < 1.29 is 14.6 Å². The lowest BCUT2D eigenvalue weighted by atomic mass is 10.1. The van der Waals surface area contributed by atoms with Gasteiger partial charge in [0, 0.05) is 18.7 Å². The number of ether oxygens (including phenoxy) is 1. The van der Waals surface area contributed by atoms with Crippen LogP contribution in [0.2, 0.25) is 0 Å². The minimum atomic E-state index is -0.936. The van der Waals surface area contributed by atoms with Crippen LogP contribution in [0.1, 0.15) is 35.1 Å². The third-order valence-corrected chi connectivity index (χ3v) is 5.26. The molecular weight excluding hydrogens is 374 g/mol. The second-order valence-electron chi connectivity index (χ2n) is 6.19. The summed E-state index contributed by atoms with van der Waals surface area (Å²) < 4.78 is 7.83. The predicted octanol–water partition coefficient (Wildman–Crippen LogP) is 4.15. The molecule has 146 valence electrons. The molecule has 28 heavy (non-hydrogen) atoms. The minimum absolute atomic E-state index is 0.258. The van der Waals surface area contributed by atoms with E-state index in [9.17, 15) is 4.79 Å². The van der Waals surface area contributed by atoms with Gasteiger partial charge in [0.15, 0.2) is 5.16 Å². The lowest BCUT2D eigenvalue weighted by Crippen LogP contribution is -2.05. The normalized spacial score (nSPS) is 10.8. The quantitative estimate of drug-likeness (QED) is 0.409. The maximum absolute atomic E-state index is 10.8. The van der Waals surface area contributed by atoms with Crippen LogP contribution in [0.3, 0.4) is 0 Å². The van der Waals surface area contributed by atoms with Crippen LogP contribution in [-0.4, -0.2) is 38.2 Å². The van der Waals surface area contributed by atoms with Crippen LogP contribution in [0.5, 0.6) is 5.75 Å². The van der Waals surface area contributed by atoms with Gasteiger partial charge in [0.2, 0.25) is 0 Å². The van der Waals surface area contributed by atoms with E-state index in [2.05, 4.69) is 33.8 Å². The summed E-state index contributed by atoms with van der Waals surface area (Å²) in [6.45, 7) is 3.51. The molecule has 0 aliphatic carbocycles. The van der Waals surface area contributed by atoms with E-state index >= 15 is 0 Å². The Morgan fingerprint density at radius 3 is 2.54 bits per heavy atom. The van der Waals surface area contributed by atoms with Gasteiger partial charge in [-0.3, -0.25) is 0 Å². The number of carboxylic acid groups (broad SMARTS) is 1. The van der Waals surface area contributed by atoms with Crippen molar-refractivity contribution in [3.63, 3.8) is 0 Å². The van der Waals surface area contributed by atoms with Crippen LogP contribution in [-0.2, 0) is 13.0 Å². The summed E-state index contributed by atoms with van der Waals surface area (Å²) in [5, 5.41) is 18.5. The highest BCUT2D eigenvalue weighted by Crippen LogP contribution is 2.20. The Kier molecular flexibility index (Phi) is 7.08. The molecule has 0 radical (unpaired) electrons. The molecule has 6 nitrogen and oxygen atoms in total. The first-order chi connectivity index (χ1) is 13.7. The Morgan fingerprint density at radius 2 is 1.86 bits per heavy atom. The molecular formula is C21H23N3O3S. The van der Waals surface area contributed by atoms with Crippen molar-refractivity contribution in [2.24, 2.45) is 0 Å². The monoisotopic (exact) mass is 397 g/mol. The molecule has 0 amide bonds. The Hall–Kier alpha value is -2.80. The molecule has 1 aromatic heterocycles. The summed E-state index contributed by atoms with van der Waals surface area (Å²) >= 11 is 1.68. The average molecular weight is 398 g/mol. The number of hydrogen-bond acceptors (Lipinski definition) is 5. The van der Waals surface area contributed by atoms with Crippen LogP contribution < -0.4 is 4.74 Å². The average Bonchev–Trinajstić information content (AvgIpc) is 3.10. The maximum Gasteiger partial charge on any atom is 0.335 e. The highest BCUT2D eigenvalue weighted by Gasteiger charge is 2.11. The summed E-state index contributed by atoms with van der Waals surface area (Å²) in [5.41, 5.74) is 1.48. The molecule has 7 heteroatoms. The van der Waals surface area contributed by atoms with E-state index in [4.69, 9.17) is 9.84 Å². The van der Waals surface area contributed by atoms with Gasteiger partial charge in [-0.2, -0.15) is 0 Å². The topological polar surface area (TPSA) is 77.2 Å². The molecule has 0 aliphatic heterocycles. The van der Waals surface area contributed by atoms with Crippen LogP contribution >= 0.6 is 11.8 Å². The smallest absolute Gasteiger partial charge is 0.335 e. The number of aromatic carboxylic acids is 1. The molecule has 0 bridgehead atoms. The van der Waals surface area contributed by atoms with Gasteiger partial charge in [-0.1, -0.05) is 42.1 Å². The zero-order chi connectivity index (χ0) is 19.8. The molecule has 1 N–H and O–H groups in total. The third kappa shape index (κ3) is 5.36. The minimum Gasteiger partial charge on any atom is -0.494 e. The Bertz CT molecular complexity index is 895. The Labute approximate surface area is 168 Å². The molecule has 0 fully saturated rings. The van der Waals surface area contributed by atoms with Crippen molar-refractivity contribution >= 4 is 17.7 Å². The maximum atomic E-state index is 10.8. The van der Waals surface area contributed by atoms with Gasteiger partial charge in [0.1, 0.15) is 11.6 Å². The van der Waals surface area contributed by atoms with Crippen molar-refractivity contribution in [1.29, 1.82) is 0 Å². The molecule has 3 rings (SSSR count). The third-order valence-electron chi connectivity index (χ3n) is 4.20. The van der Waals surface area contributed by atoms with Crippen molar-refractivity contribution in [3.05, 3.63) is 71.5 Å². The molecule has 0 atom stereocenters. The van der Waals surface area contributed by atoms with Crippen LogP contribution in [0.15, 0.2) is 59.8 Å². The zero-order valence-electron chi connectivity index (χ0n) is 15.7. The number of aromatic nitrogens is 3. The number of hydrogen-bond donors (Lipinski definition) is 1. The predicted molar refractivity (Wildman–Crippen MR) is 109 cm³/mol. The number of carbonyl (C=O) groups is 1. The van der Waals surface area contributed by atoms with Crippen LogP contribution in [0.25, 0.3) is 0 Å².